The summed E-state index contributed by atoms with van der Waals surface area (Å²) < 4.78 is 0. The number of benzene rings is 4. The number of hydrogen-bond acceptors (Lipinski definition) is 2. The van der Waals surface area contributed by atoms with Gasteiger partial charge >= 0.3 is 0 Å². The summed E-state index contributed by atoms with van der Waals surface area (Å²) in [6.45, 7) is 0. The molecule has 0 heterocycles. The molecule has 4 aromatic rings. The van der Waals surface area contributed by atoms with Gasteiger partial charge in [0.1, 0.15) is 0 Å². The van der Waals surface area contributed by atoms with E-state index in [1.165, 1.54) is 11.4 Å². The van der Waals surface area contributed by atoms with Gasteiger partial charge < -0.3 is 9.80 Å². The Morgan fingerprint density at radius 1 is 0.483 bits per heavy atom. The van der Waals surface area contributed by atoms with Crippen LogP contribution in [0.2, 0.25) is 0 Å². The molecule has 3 heteroatoms. The maximum Gasteiger partial charge on any atom is 0.0408 e. The van der Waals surface area contributed by atoms with Gasteiger partial charge in [0, 0.05) is 58.2 Å². The Hall–Kier alpha value is -2.42. The van der Waals surface area contributed by atoms with Gasteiger partial charge in [-0.2, -0.15) is 48.5 Å². The van der Waals surface area contributed by atoms with Crippen molar-refractivity contribution in [2.75, 3.05) is 23.9 Å². The summed E-state index contributed by atoms with van der Waals surface area (Å²) in [6, 6.07) is 42.8. The summed E-state index contributed by atoms with van der Waals surface area (Å²) in [5, 5.41) is 0. The summed E-state index contributed by atoms with van der Waals surface area (Å²) in [5.74, 6) is 0. The number of hydrogen-bond donors (Lipinski definition) is 0. The topological polar surface area (TPSA) is 6.48 Å². The van der Waals surface area contributed by atoms with Crippen molar-refractivity contribution < 1.29 is 32.7 Å². The van der Waals surface area contributed by atoms with Crippen LogP contribution in [0.25, 0.3) is 0 Å². The van der Waals surface area contributed by atoms with E-state index in [-0.39, 0.29) is 32.7 Å². The second kappa shape index (κ2) is 12.2. The van der Waals surface area contributed by atoms with Gasteiger partial charge in [-0.05, 0) is 24.3 Å². The van der Waals surface area contributed by atoms with E-state index in [0.717, 1.165) is 11.4 Å². The van der Waals surface area contributed by atoms with Crippen molar-refractivity contribution in [3.8, 4) is 0 Å². The number of rotatable bonds is 4. The molecule has 4 rings (SSSR count). The van der Waals surface area contributed by atoms with E-state index < -0.39 is 0 Å². The van der Waals surface area contributed by atoms with Gasteiger partial charge in [0.15, 0.2) is 0 Å². The Labute approximate surface area is 199 Å². The van der Waals surface area contributed by atoms with Crippen molar-refractivity contribution in [3.63, 3.8) is 0 Å². The smallest absolute Gasteiger partial charge is 0.0408 e. The monoisotopic (exact) mass is 453 g/mol. The average Bonchev–Trinajstić information content (AvgIpc) is 2.81. The maximum atomic E-state index is 3.17. The van der Waals surface area contributed by atoms with E-state index in [4.69, 9.17) is 0 Å². The van der Waals surface area contributed by atoms with Crippen molar-refractivity contribution in [1.82, 2.24) is 0 Å². The third kappa shape index (κ3) is 6.85. The molecule has 0 aliphatic carbocycles. The molecule has 0 saturated heterocycles. The molecular weight excluding hydrogens is 429 g/mol. The molecule has 2 nitrogen and oxygen atoms in total. The molecule has 0 N–H and O–H groups in total. The first-order valence-electron chi connectivity index (χ1n) is 9.26. The molecule has 0 fully saturated rings. The minimum atomic E-state index is 0. The molecule has 1 radical (unpaired) electrons. The zero-order valence-electron chi connectivity index (χ0n) is 16.9. The quantitative estimate of drug-likeness (QED) is 0.325. The van der Waals surface area contributed by atoms with E-state index in [1.54, 1.807) is 0 Å². The second-order valence-electron chi connectivity index (χ2n) is 6.28. The fourth-order valence-corrected chi connectivity index (χ4v) is 2.77. The molecule has 0 aliphatic rings. The molecular formula is C26H24N2Y-2. The summed E-state index contributed by atoms with van der Waals surface area (Å²) in [7, 11) is 4.09. The Kier molecular flexibility index (Phi) is 9.63. The van der Waals surface area contributed by atoms with Crippen LogP contribution in [0.5, 0.6) is 0 Å². The molecule has 0 spiro atoms. The molecule has 0 aromatic heterocycles. The zero-order valence-corrected chi connectivity index (χ0v) is 19.7. The van der Waals surface area contributed by atoms with Crippen molar-refractivity contribution in [1.29, 1.82) is 0 Å². The minimum Gasteiger partial charge on any atom is -0.391 e. The molecule has 0 bridgehead atoms. The first-order chi connectivity index (χ1) is 13.8. The van der Waals surface area contributed by atoms with Gasteiger partial charge in [0.2, 0.25) is 0 Å². The normalized spacial score (nSPS) is 9.45. The summed E-state index contributed by atoms with van der Waals surface area (Å²) in [5.41, 5.74) is 4.52. The predicted molar refractivity (Wildman–Crippen MR) is 120 cm³/mol. The maximum absolute atomic E-state index is 3.17. The van der Waals surface area contributed by atoms with Gasteiger partial charge in [-0.15, -0.1) is 12.1 Å². The van der Waals surface area contributed by atoms with Crippen LogP contribution >= 0.6 is 0 Å². The molecule has 0 amide bonds. The number of para-hydroxylation sites is 4. The zero-order chi connectivity index (χ0) is 19.6. The summed E-state index contributed by atoms with van der Waals surface area (Å²) in [4.78, 5) is 4.22. The van der Waals surface area contributed by atoms with Crippen LogP contribution in [-0.2, 0) is 32.7 Å². The van der Waals surface area contributed by atoms with Crippen molar-refractivity contribution in [2.24, 2.45) is 0 Å². The van der Waals surface area contributed by atoms with Crippen LogP contribution in [-0.4, -0.2) is 14.1 Å². The molecule has 0 saturated carbocycles. The van der Waals surface area contributed by atoms with Gasteiger partial charge in [-0.25, -0.2) is 0 Å². The third-order valence-corrected chi connectivity index (χ3v) is 4.39. The first-order valence-corrected chi connectivity index (χ1v) is 9.26. The standard InChI is InChI=1S/C13H13N.C13H11N.Y/c2*1-14(12-8-4-2-5-9-12)13-10-6-3-7-11-13;/h2-11H,1H3;2-8,10H,1H3;/q;-2;. The Morgan fingerprint density at radius 3 is 1.21 bits per heavy atom. The van der Waals surface area contributed by atoms with Gasteiger partial charge in [-0.1, -0.05) is 47.8 Å². The Balaban J connectivity index is 0.000000200. The molecule has 0 atom stereocenters. The van der Waals surface area contributed by atoms with Crippen LogP contribution in [0, 0.1) is 12.1 Å². The Bertz CT molecular complexity index is 769. The van der Waals surface area contributed by atoms with Crippen molar-refractivity contribution in [2.45, 2.75) is 0 Å². The van der Waals surface area contributed by atoms with Crippen LogP contribution < -0.4 is 9.80 Å². The third-order valence-electron chi connectivity index (χ3n) is 4.39. The Morgan fingerprint density at radius 2 is 0.862 bits per heavy atom. The van der Waals surface area contributed by atoms with Gasteiger partial charge in [0.25, 0.3) is 0 Å². The molecule has 0 aliphatic heterocycles. The van der Waals surface area contributed by atoms with Gasteiger partial charge in [-0.3, -0.25) is 0 Å². The second-order valence-corrected chi connectivity index (χ2v) is 6.28. The van der Waals surface area contributed by atoms with E-state index in [9.17, 15) is 0 Å². The van der Waals surface area contributed by atoms with E-state index in [1.807, 2.05) is 67.7 Å². The first kappa shape index (κ1) is 22.9. The molecule has 143 valence electrons. The SMILES string of the molecule is CN(c1[c-]cccc1)c1[c-]cccc1.CN(c1ccccc1)c1ccccc1.[Y]. The van der Waals surface area contributed by atoms with Crippen LogP contribution in [0.4, 0.5) is 22.7 Å². The summed E-state index contributed by atoms with van der Waals surface area (Å²) >= 11 is 0. The van der Waals surface area contributed by atoms with Crippen LogP contribution in [0.1, 0.15) is 0 Å². The minimum absolute atomic E-state index is 0. The average molecular weight is 453 g/mol. The van der Waals surface area contributed by atoms with Crippen molar-refractivity contribution >= 4 is 22.7 Å². The number of nitrogens with zero attached hydrogens (tertiary/aromatic N) is 2. The van der Waals surface area contributed by atoms with E-state index in [2.05, 4.69) is 77.5 Å². The molecule has 29 heavy (non-hydrogen) atoms. The van der Waals surface area contributed by atoms with Crippen molar-refractivity contribution in [3.05, 3.63) is 121 Å². The fourth-order valence-electron chi connectivity index (χ4n) is 2.77. The predicted octanol–water partition coefficient (Wildman–Crippen LogP) is 6.51. The van der Waals surface area contributed by atoms with E-state index in [0.29, 0.717) is 0 Å². The molecule has 0 unspecified atom stereocenters. The molecule has 4 aromatic carbocycles. The van der Waals surface area contributed by atoms with Crippen LogP contribution in [0.3, 0.4) is 0 Å². The van der Waals surface area contributed by atoms with E-state index >= 15 is 0 Å². The van der Waals surface area contributed by atoms with Crippen LogP contribution in [0.15, 0.2) is 109 Å². The fraction of sp³-hybridized carbons (Fsp3) is 0.0769. The number of anilines is 4. The largest absolute Gasteiger partial charge is 0.391 e. The van der Waals surface area contributed by atoms with Gasteiger partial charge in [0.05, 0.1) is 0 Å². The summed E-state index contributed by atoms with van der Waals surface area (Å²) in [6.07, 6.45) is 0.